The van der Waals surface area contributed by atoms with E-state index in [0.717, 1.165) is 25.1 Å². The molecule has 1 heterocycles. The molecule has 0 unspecified atom stereocenters. The van der Waals surface area contributed by atoms with Gasteiger partial charge in [-0.05, 0) is 53.4 Å². The lowest BCUT2D eigenvalue weighted by molar-refractivity contribution is -0.119. The number of hydrogen-bond donors (Lipinski definition) is 2. The van der Waals surface area contributed by atoms with Gasteiger partial charge in [0.05, 0.1) is 12.2 Å². The first kappa shape index (κ1) is 19.3. The fraction of sp³-hybridized carbons (Fsp3) is 0.722. The SMILES string of the molecule is CC[C@H](C)n1nccc1NC(=O)[C@H]1CC[C@@H](NC(=O)OC(C)(C)C)C1. The zero-order chi connectivity index (χ0) is 18.6. The third kappa shape index (κ3) is 5.47. The van der Waals surface area contributed by atoms with Crippen LogP contribution in [0.25, 0.3) is 0 Å². The van der Waals surface area contributed by atoms with Gasteiger partial charge in [0, 0.05) is 18.0 Å². The van der Waals surface area contributed by atoms with E-state index in [9.17, 15) is 9.59 Å². The minimum atomic E-state index is -0.520. The van der Waals surface area contributed by atoms with Gasteiger partial charge in [-0.15, -0.1) is 0 Å². The zero-order valence-corrected chi connectivity index (χ0v) is 15.8. The van der Waals surface area contributed by atoms with Crippen LogP contribution in [-0.4, -0.2) is 33.4 Å². The average molecular weight is 350 g/mol. The monoisotopic (exact) mass is 350 g/mol. The summed E-state index contributed by atoms with van der Waals surface area (Å²) >= 11 is 0. The Morgan fingerprint density at radius 2 is 2.12 bits per heavy atom. The van der Waals surface area contributed by atoms with Crippen LogP contribution in [0.5, 0.6) is 0 Å². The molecule has 0 aromatic carbocycles. The maximum absolute atomic E-state index is 12.5. The Kier molecular flexibility index (Phi) is 6.08. The van der Waals surface area contributed by atoms with Crippen LogP contribution >= 0.6 is 0 Å². The van der Waals surface area contributed by atoms with E-state index < -0.39 is 11.7 Å². The number of ether oxygens (including phenoxy) is 1. The van der Waals surface area contributed by atoms with Gasteiger partial charge in [0.1, 0.15) is 11.4 Å². The zero-order valence-electron chi connectivity index (χ0n) is 15.8. The molecule has 2 rings (SSSR count). The number of alkyl carbamates (subject to hydrolysis) is 1. The fourth-order valence-electron chi connectivity index (χ4n) is 2.99. The number of aromatic nitrogens is 2. The molecule has 25 heavy (non-hydrogen) atoms. The largest absolute Gasteiger partial charge is 0.444 e. The molecule has 1 aromatic rings. The fourth-order valence-corrected chi connectivity index (χ4v) is 2.99. The molecule has 7 nitrogen and oxygen atoms in total. The Hall–Kier alpha value is -2.05. The van der Waals surface area contributed by atoms with Crippen molar-refractivity contribution in [3.05, 3.63) is 12.3 Å². The first-order valence-electron chi connectivity index (χ1n) is 9.03. The number of carbonyl (C=O) groups excluding carboxylic acids is 2. The molecule has 0 radical (unpaired) electrons. The number of nitrogens with one attached hydrogen (secondary N) is 2. The summed E-state index contributed by atoms with van der Waals surface area (Å²) < 4.78 is 7.11. The van der Waals surface area contributed by atoms with Gasteiger partial charge < -0.3 is 15.4 Å². The number of amides is 2. The van der Waals surface area contributed by atoms with Crippen LogP contribution in [0.15, 0.2) is 12.3 Å². The molecule has 1 aliphatic rings. The molecule has 3 atom stereocenters. The van der Waals surface area contributed by atoms with E-state index in [2.05, 4.69) is 29.6 Å². The van der Waals surface area contributed by atoms with Crippen LogP contribution in [0.2, 0.25) is 0 Å². The summed E-state index contributed by atoms with van der Waals surface area (Å²) in [6.07, 6.45) is 4.38. The predicted molar refractivity (Wildman–Crippen MR) is 96.4 cm³/mol. The maximum atomic E-state index is 12.5. The second-order valence-corrected chi connectivity index (χ2v) is 7.76. The smallest absolute Gasteiger partial charge is 0.407 e. The highest BCUT2D eigenvalue weighted by molar-refractivity contribution is 5.92. The number of anilines is 1. The van der Waals surface area contributed by atoms with Gasteiger partial charge in [-0.25, -0.2) is 9.48 Å². The maximum Gasteiger partial charge on any atom is 0.407 e. The molecule has 0 aliphatic heterocycles. The number of rotatable bonds is 5. The Labute approximate surface area is 149 Å². The Bertz CT molecular complexity index is 606. The summed E-state index contributed by atoms with van der Waals surface area (Å²) in [5.41, 5.74) is -0.520. The second kappa shape index (κ2) is 7.89. The first-order valence-corrected chi connectivity index (χ1v) is 9.03. The van der Waals surface area contributed by atoms with Gasteiger partial charge in [-0.1, -0.05) is 6.92 Å². The molecular formula is C18H30N4O3. The van der Waals surface area contributed by atoms with Crippen molar-refractivity contribution in [3.8, 4) is 0 Å². The van der Waals surface area contributed by atoms with Crippen molar-refractivity contribution in [3.63, 3.8) is 0 Å². The Morgan fingerprint density at radius 3 is 2.76 bits per heavy atom. The molecule has 7 heteroatoms. The van der Waals surface area contributed by atoms with Crippen LogP contribution in [0.3, 0.4) is 0 Å². The summed E-state index contributed by atoms with van der Waals surface area (Å²) in [6.45, 7) is 9.65. The van der Waals surface area contributed by atoms with Crippen molar-refractivity contribution in [2.45, 2.75) is 78.0 Å². The molecule has 2 amide bonds. The lowest BCUT2D eigenvalue weighted by Crippen LogP contribution is -2.38. The van der Waals surface area contributed by atoms with E-state index >= 15 is 0 Å². The van der Waals surface area contributed by atoms with Gasteiger partial charge in [0.15, 0.2) is 0 Å². The van der Waals surface area contributed by atoms with Crippen molar-refractivity contribution in [2.24, 2.45) is 5.92 Å². The molecule has 2 N–H and O–H groups in total. The van der Waals surface area contributed by atoms with Gasteiger partial charge in [0.2, 0.25) is 5.91 Å². The van der Waals surface area contributed by atoms with E-state index in [4.69, 9.17) is 4.74 Å². The Morgan fingerprint density at radius 1 is 1.40 bits per heavy atom. The minimum absolute atomic E-state index is 0.0152. The van der Waals surface area contributed by atoms with Gasteiger partial charge in [-0.2, -0.15) is 5.10 Å². The van der Waals surface area contributed by atoms with E-state index in [1.165, 1.54) is 0 Å². The molecule has 0 spiro atoms. The van der Waals surface area contributed by atoms with Crippen molar-refractivity contribution in [1.82, 2.24) is 15.1 Å². The molecule has 1 saturated carbocycles. The summed E-state index contributed by atoms with van der Waals surface area (Å²) in [5, 5.41) is 10.1. The van der Waals surface area contributed by atoms with Crippen LogP contribution in [0, 0.1) is 5.92 Å². The molecule has 0 bridgehead atoms. The second-order valence-electron chi connectivity index (χ2n) is 7.76. The summed E-state index contributed by atoms with van der Waals surface area (Å²) in [6, 6.07) is 2.02. The average Bonchev–Trinajstić information content (AvgIpc) is 3.13. The van der Waals surface area contributed by atoms with E-state index in [1.807, 2.05) is 31.5 Å². The van der Waals surface area contributed by atoms with Gasteiger partial charge in [-0.3, -0.25) is 4.79 Å². The van der Waals surface area contributed by atoms with E-state index in [-0.39, 0.29) is 23.9 Å². The summed E-state index contributed by atoms with van der Waals surface area (Å²) in [7, 11) is 0. The number of nitrogens with zero attached hydrogens (tertiary/aromatic N) is 2. The molecule has 1 aliphatic carbocycles. The highest BCUT2D eigenvalue weighted by Crippen LogP contribution is 2.27. The standard InChI is InChI=1S/C18H30N4O3/c1-6-12(2)22-15(9-10-19-22)21-16(23)13-7-8-14(11-13)20-17(24)25-18(3,4)5/h9-10,12-14H,6-8,11H2,1-5H3,(H,20,24)(H,21,23)/t12-,13-,14+/m0/s1. The van der Waals surface area contributed by atoms with Gasteiger partial charge >= 0.3 is 6.09 Å². The summed E-state index contributed by atoms with van der Waals surface area (Å²) in [5.74, 6) is 0.599. The lowest BCUT2D eigenvalue weighted by Gasteiger charge is -2.21. The third-order valence-corrected chi connectivity index (χ3v) is 4.45. The predicted octanol–water partition coefficient (Wildman–Crippen LogP) is 3.49. The molecule has 140 valence electrons. The topological polar surface area (TPSA) is 85.3 Å². The van der Waals surface area contributed by atoms with Crippen molar-refractivity contribution in [2.75, 3.05) is 5.32 Å². The summed E-state index contributed by atoms with van der Waals surface area (Å²) in [4.78, 5) is 24.4. The molecule has 0 saturated heterocycles. The quantitative estimate of drug-likeness (QED) is 0.851. The number of hydrogen-bond acceptors (Lipinski definition) is 4. The highest BCUT2D eigenvalue weighted by Gasteiger charge is 2.32. The molecule has 1 fully saturated rings. The lowest BCUT2D eigenvalue weighted by atomic mass is 10.1. The Balaban J connectivity index is 1.86. The van der Waals surface area contributed by atoms with Crippen LogP contribution in [0.4, 0.5) is 10.6 Å². The first-order chi connectivity index (χ1) is 11.7. The van der Waals surface area contributed by atoms with Crippen molar-refractivity contribution >= 4 is 17.8 Å². The van der Waals surface area contributed by atoms with Crippen LogP contribution < -0.4 is 10.6 Å². The molecule has 1 aromatic heterocycles. The minimum Gasteiger partial charge on any atom is -0.444 e. The highest BCUT2D eigenvalue weighted by atomic mass is 16.6. The molecular weight excluding hydrogens is 320 g/mol. The van der Waals surface area contributed by atoms with Gasteiger partial charge in [0.25, 0.3) is 0 Å². The van der Waals surface area contributed by atoms with E-state index in [1.54, 1.807) is 6.20 Å². The normalized spacial score (nSPS) is 21.6. The van der Waals surface area contributed by atoms with Crippen LogP contribution in [-0.2, 0) is 9.53 Å². The number of carbonyl (C=O) groups is 2. The van der Waals surface area contributed by atoms with Crippen LogP contribution in [0.1, 0.15) is 66.3 Å². The van der Waals surface area contributed by atoms with Crippen molar-refractivity contribution in [1.29, 1.82) is 0 Å². The van der Waals surface area contributed by atoms with E-state index in [0.29, 0.717) is 6.42 Å². The van der Waals surface area contributed by atoms with Crippen molar-refractivity contribution < 1.29 is 14.3 Å². The third-order valence-electron chi connectivity index (χ3n) is 4.45.